The molecule has 1 saturated heterocycles. The van der Waals surface area contributed by atoms with Crippen molar-refractivity contribution < 1.29 is 29.3 Å². The molecule has 3 atom stereocenters. The Morgan fingerprint density at radius 3 is 2.40 bits per heavy atom. The molecule has 0 bridgehead atoms. The predicted octanol–water partition coefficient (Wildman–Crippen LogP) is 5.44. The molecule has 1 rings (SSSR count). The van der Waals surface area contributed by atoms with Gasteiger partial charge in [-0.3, -0.25) is 9.59 Å². The lowest BCUT2D eigenvalue weighted by atomic mass is 9.80. The summed E-state index contributed by atoms with van der Waals surface area (Å²) in [5.74, 6) is -1.04. The Morgan fingerprint density at radius 1 is 1.20 bits per heavy atom. The fraction of sp³-hybridized carbons (Fsp3) is 0.792. The lowest BCUT2D eigenvalue weighted by molar-refractivity contribution is -0.411. The number of Topliss-reactive ketones (excluding diaryl/α,β-unsaturated/α-hetero) is 2. The van der Waals surface area contributed by atoms with Crippen LogP contribution in [-0.2, 0) is 24.2 Å². The highest BCUT2D eigenvalue weighted by molar-refractivity contribution is 5.84. The summed E-state index contributed by atoms with van der Waals surface area (Å²) >= 11 is 0. The Kier molecular flexibility index (Phi) is 10.4. The largest absolute Gasteiger partial charge is 0.481 e. The van der Waals surface area contributed by atoms with Crippen molar-refractivity contribution in [3.8, 4) is 0 Å². The van der Waals surface area contributed by atoms with Gasteiger partial charge in [-0.05, 0) is 72.6 Å². The monoisotopic (exact) mass is 424 g/mol. The molecular formula is C24H40O6. The van der Waals surface area contributed by atoms with Gasteiger partial charge in [-0.15, -0.1) is 0 Å². The fourth-order valence-electron chi connectivity index (χ4n) is 3.67. The van der Waals surface area contributed by atoms with E-state index in [-0.39, 0.29) is 17.0 Å². The number of carbonyl (C=O) groups excluding carboxylic acids is 2. The normalized spacial score (nSPS) is 23.8. The minimum Gasteiger partial charge on any atom is -0.481 e. The first-order valence-electron chi connectivity index (χ1n) is 11.1. The summed E-state index contributed by atoms with van der Waals surface area (Å²) in [6.07, 6.45) is 8.06. The van der Waals surface area contributed by atoms with Crippen molar-refractivity contribution in [1.82, 2.24) is 0 Å². The fourth-order valence-corrected chi connectivity index (χ4v) is 3.67. The number of hydrogen-bond donors (Lipinski definition) is 1. The topological polar surface area (TPSA) is 89.9 Å². The summed E-state index contributed by atoms with van der Waals surface area (Å²) in [6, 6.07) is 0. The molecule has 1 N–H and O–H groups in total. The van der Waals surface area contributed by atoms with Crippen LogP contribution in [0.3, 0.4) is 0 Å². The second-order valence-electron chi connectivity index (χ2n) is 9.79. The van der Waals surface area contributed by atoms with Crippen LogP contribution in [0.5, 0.6) is 0 Å². The number of carboxylic acids is 1. The van der Waals surface area contributed by atoms with Crippen LogP contribution in [0.4, 0.5) is 0 Å². The third-order valence-electron chi connectivity index (χ3n) is 6.28. The first-order chi connectivity index (χ1) is 13.9. The van der Waals surface area contributed by atoms with Gasteiger partial charge in [0.15, 0.2) is 0 Å². The molecule has 1 fully saturated rings. The molecule has 0 aliphatic carbocycles. The molecule has 6 heteroatoms. The van der Waals surface area contributed by atoms with E-state index in [0.717, 1.165) is 38.5 Å². The number of hydrogen-bond acceptors (Lipinski definition) is 5. The highest BCUT2D eigenvalue weighted by Gasteiger charge is 2.37. The van der Waals surface area contributed by atoms with Crippen LogP contribution in [0.2, 0.25) is 0 Å². The van der Waals surface area contributed by atoms with Gasteiger partial charge in [0.25, 0.3) is 0 Å². The van der Waals surface area contributed by atoms with Crippen molar-refractivity contribution in [1.29, 1.82) is 0 Å². The molecule has 172 valence electrons. The molecule has 6 nitrogen and oxygen atoms in total. The minimum absolute atomic E-state index is 0.171. The maximum absolute atomic E-state index is 12.6. The molecule has 0 amide bonds. The number of rotatable bonds is 13. The van der Waals surface area contributed by atoms with Crippen LogP contribution in [0.15, 0.2) is 11.6 Å². The Hall–Kier alpha value is -1.53. The molecule has 0 aromatic rings. The van der Waals surface area contributed by atoms with Crippen LogP contribution in [0.25, 0.3) is 0 Å². The summed E-state index contributed by atoms with van der Waals surface area (Å²) in [5.41, 5.74) is 0.376. The summed E-state index contributed by atoms with van der Waals surface area (Å²) < 4.78 is 0. The Balaban J connectivity index is 2.37. The number of carboxylic acid groups (broad SMARTS) is 1. The van der Waals surface area contributed by atoms with Gasteiger partial charge in [-0.25, -0.2) is 9.78 Å². The van der Waals surface area contributed by atoms with Gasteiger partial charge < -0.3 is 9.90 Å². The lowest BCUT2D eigenvalue weighted by Gasteiger charge is -2.37. The van der Waals surface area contributed by atoms with Crippen molar-refractivity contribution in [2.45, 2.75) is 111 Å². The summed E-state index contributed by atoms with van der Waals surface area (Å²) in [5, 5.41) is 9.09. The average molecular weight is 425 g/mol. The van der Waals surface area contributed by atoms with Crippen molar-refractivity contribution >= 4 is 17.5 Å². The second-order valence-corrected chi connectivity index (χ2v) is 9.79. The molecule has 0 radical (unpaired) electrons. The second kappa shape index (κ2) is 11.8. The van der Waals surface area contributed by atoms with Gasteiger partial charge in [0.2, 0.25) is 0 Å². The molecule has 1 aliphatic heterocycles. The average Bonchev–Trinajstić information content (AvgIpc) is 2.65. The van der Waals surface area contributed by atoms with Crippen molar-refractivity contribution in [3.63, 3.8) is 0 Å². The third kappa shape index (κ3) is 9.09. The Morgan fingerprint density at radius 2 is 1.87 bits per heavy atom. The standard InChI is InChI=1S/C24H40O6/c1-17(11-12-21(26)23(4,5)14-8-10-18(2)25)9-7-15-24(6)16-13-20(29-30-24)19(3)22(27)28/h9,19-20H,7-8,10-16H2,1-6H3,(H,27,28)/b17-9+/t19-,20+,24-/m0/s1. The summed E-state index contributed by atoms with van der Waals surface area (Å²) in [6.45, 7) is 11.2. The number of carbonyl (C=O) groups is 3. The van der Waals surface area contributed by atoms with E-state index in [9.17, 15) is 14.4 Å². The van der Waals surface area contributed by atoms with Crippen molar-refractivity contribution in [3.05, 3.63) is 11.6 Å². The Bertz CT molecular complexity index is 626. The maximum atomic E-state index is 12.6. The molecule has 30 heavy (non-hydrogen) atoms. The SMILES string of the molecule is CC(=O)CCCC(C)(C)C(=O)CC/C(C)=C/CC[C@@]1(C)CC[C@H]([C@H](C)C(=O)O)OO1. The summed E-state index contributed by atoms with van der Waals surface area (Å²) in [7, 11) is 0. The first-order valence-corrected chi connectivity index (χ1v) is 11.1. The van der Waals surface area contributed by atoms with Crippen LogP contribution in [-0.4, -0.2) is 34.3 Å². The number of allylic oxidation sites excluding steroid dienone is 2. The van der Waals surface area contributed by atoms with Gasteiger partial charge in [0.05, 0.1) is 5.92 Å². The highest BCUT2D eigenvalue weighted by Crippen LogP contribution is 2.33. The smallest absolute Gasteiger partial charge is 0.308 e. The van der Waals surface area contributed by atoms with Crippen LogP contribution >= 0.6 is 0 Å². The van der Waals surface area contributed by atoms with Gasteiger partial charge in [0, 0.05) is 18.3 Å². The lowest BCUT2D eigenvalue weighted by Crippen LogP contribution is -2.41. The zero-order chi connectivity index (χ0) is 22.9. The van der Waals surface area contributed by atoms with Crippen LogP contribution in [0, 0.1) is 11.3 Å². The molecular weight excluding hydrogens is 384 g/mol. The van der Waals surface area contributed by atoms with Crippen LogP contribution < -0.4 is 0 Å². The Labute approximate surface area is 181 Å². The first kappa shape index (κ1) is 26.5. The predicted molar refractivity (Wildman–Crippen MR) is 116 cm³/mol. The number of aliphatic carboxylic acids is 1. The zero-order valence-electron chi connectivity index (χ0n) is 19.6. The van der Waals surface area contributed by atoms with Gasteiger partial charge in [-0.1, -0.05) is 25.5 Å². The van der Waals surface area contributed by atoms with E-state index in [1.165, 1.54) is 5.57 Å². The zero-order valence-corrected chi connectivity index (χ0v) is 19.6. The molecule has 0 spiro atoms. The van der Waals surface area contributed by atoms with Crippen molar-refractivity contribution in [2.75, 3.05) is 0 Å². The van der Waals surface area contributed by atoms with E-state index >= 15 is 0 Å². The molecule has 0 aromatic heterocycles. The molecule has 1 aliphatic rings. The molecule has 1 heterocycles. The highest BCUT2D eigenvalue weighted by atomic mass is 17.2. The van der Waals surface area contributed by atoms with Gasteiger partial charge in [-0.2, -0.15) is 0 Å². The molecule has 0 saturated carbocycles. The van der Waals surface area contributed by atoms with E-state index < -0.39 is 23.6 Å². The third-order valence-corrected chi connectivity index (χ3v) is 6.28. The van der Waals surface area contributed by atoms with E-state index in [1.807, 2.05) is 27.7 Å². The van der Waals surface area contributed by atoms with Gasteiger partial charge >= 0.3 is 5.97 Å². The maximum Gasteiger partial charge on any atom is 0.308 e. The quantitative estimate of drug-likeness (QED) is 0.313. The minimum atomic E-state index is -0.873. The van der Waals surface area contributed by atoms with Gasteiger partial charge in [0.1, 0.15) is 23.3 Å². The summed E-state index contributed by atoms with van der Waals surface area (Å²) in [4.78, 5) is 45.7. The van der Waals surface area contributed by atoms with Crippen LogP contribution in [0.1, 0.15) is 99.3 Å². The molecule has 0 unspecified atom stereocenters. The van der Waals surface area contributed by atoms with E-state index in [4.69, 9.17) is 14.9 Å². The molecule has 0 aromatic carbocycles. The van der Waals surface area contributed by atoms with Crippen molar-refractivity contribution in [2.24, 2.45) is 11.3 Å². The number of ketones is 2. The van der Waals surface area contributed by atoms with E-state index in [1.54, 1.807) is 13.8 Å². The van der Waals surface area contributed by atoms with E-state index in [0.29, 0.717) is 19.3 Å². The van der Waals surface area contributed by atoms with E-state index in [2.05, 4.69) is 6.08 Å².